The maximum absolute atomic E-state index is 12.2. The Morgan fingerprint density at radius 1 is 1.45 bits per heavy atom. The number of pyridine rings is 1. The molecule has 0 amide bonds. The second kappa shape index (κ2) is 8.84. The number of hydrogen-bond donors (Lipinski definition) is 1. The van der Waals surface area contributed by atoms with Gasteiger partial charge in [-0.1, -0.05) is 0 Å². The van der Waals surface area contributed by atoms with Crippen LogP contribution in [0, 0.1) is 5.92 Å². The second-order valence-electron chi connectivity index (χ2n) is 7.06. The third kappa shape index (κ3) is 5.58. The van der Waals surface area contributed by atoms with Gasteiger partial charge in [0.15, 0.2) is 0 Å². The molecule has 0 radical (unpaired) electrons. The van der Waals surface area contributed by atoms with Crippen LogP contribution in [0.25, 0.3) is 0 Å². The predicted octanol–water partition coefficient (Wildman–Crippen LogP) is 1.92. The summed E-state index contributed by atoms with van der Waals surface area (Å²) >= 11 is 0. The van der Waals surface area contributed by atoms with E-state index in [0.29, 0.717) is 26.3 Å². The van der Waals surface area contributed by atoms with Crippen LogP contribution < -0.4 is 4.74 Å². The van der Waals surface area contributed by atoms with Crippen LogP contribution in [0.2, 0.25) is 0 Å². The molecular weight excluding hydrogens is 417 g/mol. The monoisotopic (exact) mass is 440 g/mol. The van der Waals surface area contributed by atoms with Crippen LogP contribution >= 0.6 is 0 Å². The zero-order valence-electron chi connectivity index (χ0n) is 15.9. The van der Waals surface area contributed by atoms with Gasteiger partial charge in [-0.2, -0.15) is 17.5 Å². The fourth-order valence-electron chi connectivity index (χ4n) is 3.03. The highest BCUT2D eigenvalue weighted by atomic mass is 32.2. The number of alkyl halides is 3. The number of carbonyl (C=O) groups is 1. The van der Waals surface area contributed by atoms with Crippen molar-refractivity contribution in [3.05, 3.63) is 24.5 Å². The lowest BCUT2D eigenvalue weighted by Crippen LogP contribution is -2.67. The SMILES string of the molecule is CC(C)S(=O)(=O)N1CC2(C1)OCCC2COc1cccnc1.O=C(O)C(F)(F)F. The standard InChI is InChI=1S/C15H22N2O4S.C2HF3O2/c1-12(2)22(18,19)17-10-15(11-17)13(5-7-21-15)9-20-14-4-3-6-16-8-14;3-2(4,5)1(6)7/h3-4,6,8,12-13H,5,7,9-11H2,1-2H3;(H,6,7). The number of aliphatic carboxylic acids is 1. The fraction of sp³-hybridized carbons (Fsp3) is 0.647. The Kier molecular flexibility index (Phi) is 7.12. The summed E-state index contributed by atoms with van der Waals surface area (Å²) < 4.78 is 69.3. The van der Waals surface area contributed by atoms with Crippen LogP contribution in [-0.4, -0.2) is 72.1 Å². The molecule has 164 valence electrons. The number of hydrogen-bond acceptors (Lipinski definition) is 6. The summed E-state index contributed by atoms with van der Waals surface area (Å²) in [5.74, 6) is -1.81. The van der Waals surface area contributed by atoms with Crippen molar-refractivity contribution in [2.75, 3.05) is 26.3 Å². The van der Waals surface area contributed by atoms with Crippen molar-refractivity contribution in [3.63, 3.8) is 0 Å². The molecule has 8 nitrogen and oxygen atoms in total. The van der Waals surface area contributed by atoms with Gasteiger partial charge < -0.3 is 14.6 Å². The summed E-state index contributed by atoms with van der Waals surface area (Å²) in [6, 6.07) is 3.70. The zero-order chi connectivity index (χ0) is 21.9. The van der Waals surface area contributed by atoms with Crippen molar-refractivity contribution >= 4 is 16.0 Å². The van der Waals surface area contributed by atoms with E-state index in [0.717, 1.165) is 12.2 Å². The number of carboxylic acid groups (broad SMARTS) is 1. The van der Waals surface area contributed by atoms with Crippen molar-refractivity contribution in [1.82, 2.24) is 9.29 Å². The van der Waals surface area contributed by atoms with E-state index in [1.807, 2.05) is 12.1 Å². The molecule has 2 saturated heterocycles. The first-order valence-corrected chi connectivity index (χ1v) is 10.3. The number of rotatable bonds is 5. The van der Waals surface area contributed by atoms with Crippen molar-refractivity contribution in [2.24, 2.45) is 5.92 Å². The average Bonchev–Trinajstić information content (AvgIpc) is 3.03. The van der Waals surface area contributed by atoms with Gasteiger partial charge in [0.25, 0.3) is 0 Å². The maximum Gasteiger partial charge on any atom is 0.490 e. The highest BCUT2D eigenvalue weighted by Gasteiger charge is 2.56. The van der Waals surface area contributed by atoms with Crippen molar-refractivity contribution < 1.29 is 41.0 Å². The Morgan fingerprint density at radius 3 is 2.55 bits per heavy atom. The maximum atomic E-state index is 12.2. The number of ether oxygens (including phenoxy) is 2. The molecule has 0 aliphatic carbocycles. The van der Waals surface area contributed by atoms with E-state index in [1.54, 1.807) is 26.2 Å². The largest absolute Gasteiger partial charge is 0.492 e. The highest BCUT2D eigenvalue weighted by Crippen LogP contribution is 2.41. The quantitative estimate of drug-likeness (QED) is 0.746. The Balaban J connectivity index is 0.000000370. The molecule has 1 aromatic heterocycles. The fourth-order valence-corrected chi connectivity index (χ4v) is 4.42. The topological polar surface area (TPSA) is 106 Å². The lowest BCUT2D eigenvalue weighted by atomic mass is 9.83. The van der Waals surface area contributed by atoms with Crippen LogP contribution in [-0.2, 0) is 19.6 Å². The minimum absolute atomic E-state index is 0.214. The van der Waals surface area contributed by atoms with Crippen LogP contribution in [0.1, 0.15) is 20.3 Å². The van der Waals surface area contributed by atoms with E-state index in [4.69, 9.17) is 19.4 Å². The Bertz CT molecular complexity index is 795. The molecular formula is C17H23F3N2O6S. The normalized spacial score (nSPS) is 21.4. The van der Waals surface area contributed by atoms with Gasteiger partial charge in [0, 0.05) is 31.8 Å². The molecule has 1 N–H and O–H groups in total. The zero-order valence-corrected chi connectivity index (χ0v) is 16.7. The van der Waals surface area contributed by atoms with Gasteiger partial charge in [0.1, 0.15) is 11.4 Å². The molecule has 1 spiro atoms. The average molecular weight is 440 g/mol. The lowest BCUT2D eigenvalue weighted by molar-refractivity contribution is -0.192. The molecule has 2 aliphatic heterocycles. The summed E-state index contributed by atoms with van der Waals surface area (Å²) in [5, 5.41) is 6.73. The van der Waals surface area contributed by atoms with E-state index < -0.39 is 27.4 Å². The minimum Gasteiger partial charge on any atom is -0.492 e. The first kappa shape index (κ1) is 23.4. The molecule has 3 heterocycles. The number of sulfonamides is 1. The number of carboxylic acids is 1. The van der Waals surface area contributed by atoms with Gasteiger partial charge in [-0.3, -0.25) is 4.98 Å². The number of aromatic nitrogens is 1. The van der Waals surface area contributed by atoms with Crippen LogP contribution in [0.4, 0.5) is 13.2 Å². The molecule has 0 saturated carbocycles. The third-order valence-corrected chi connectivity index (χ3v) is 6.94. The van der Waals surface area contributed by atoms with Gasteiger partial charge in [0.05, 0.1) is 18.1 Å². The van der Waals surface area contributed by atoms with Gasteiger partial charge in [-0.15, -0.1) is 0 Å². The molecule has 0 aromatic carbocycles. The second-order valence-corrected chi connectivity index (χ2v) is 9.55. The third-order valence-electron chi connectivity index (χ3n) is 4.77. The van der Waals surface area contributed by atoms with Crippen LogP contribution in [0.5, 0.6) is 5.75 Å². The van der Waals surface area contributed by atoms with E-state index >= 15 is 0 Å². The van der Waals surface area contributed by atoms with E-state index in [9.17, 15) is 21.6 Å². The molecule has 2 fully saturated rings. The van der Waals surface area contributed by atoms with E-state index in [2.05, 4.69) is 4.98 Å². The Hall–Kier alpha value is -1.92. The lowest BCUT2D eigenvalue weighted by Gasteiger charge is -2.49. The molecule has 1 aromatic rings. The predicted molar refractivity (Wildman–Crippen MR) is 95.8 cm³/mol. The number of halogens is 3. The Morgan fingerprint density at radius 2 is 2.07 bits per heavy atom. The summed E-state index contributed by atoms with van der Waals surface area (Å²) in [4.78, 5) is 12.9. The summed E-state index contributed by atoms with van der Waals surface area (Å²) in [7, 11) is -3.19. The van der Waals surface area contributed by atoms with Crippen LogP contribution in [0.3, 0.4) is 0 Å². The van der Waals surface area contributed by atoms with Crippen molar-refractivity contribution in [1.29, 1.82) is 0 Å². The molecule has 12 heteroatoms. The number of nitrogens with zero attached hydrogens (tertiary/aromatic N) is 2. The van der Waals surface area contributed by atoms with Gasteiger partial charge >= 0.3 is 12.1 Å². The van der Waals surface area contributed by atoms with Gasteiger partial charge in [-0.25, -0.2) is 13.2 Å². The van der Waals surface area contributed by atoms with Gasteiger partial charge in [0.2, 0.25) is 10.0 Å². The molecule has 3 rings (SSSR count). The van der Waals surface area contributed by atoms with Crippen molar-refractivity contribution in [2.45, 2.75) is 37.3 Å². The minimum atomic E-state index is -5.08. The van der Waals surface area contributed by atoms with Crippen LogP contribution in [0.15, 0.2) is 24.5 Å². The van der Waals surface area contributed by atoms with E-state index in [-0.39, 0.29) is 11.5 Å². The summed E-state index contributed by atoms with van der Waals surface area (Å²) in [6.07, 6.45) is -0.803. The smallest absolute Gasteiger partial charge is 0.490 e. The molecule has 2 aliphatic rings. The van der Waals surface area contributed by atoms with E-state index in [1.165, 1.54) is 4.31 Å². The molecule has 29 heavy (non-hydrogen) atoms. The highest BCUT2D eigenvalue weighted by molar-refractivity contribution is 7.89. The van der Waals surface area contributed by atoms with Crippen molar-refractivity contribution in [3.8, 4) is 5.75 Å². The summed E-state index contributed by atoms with van der Waals surface area (Å²) in [5.41, 5.74) is -0.371. The summed E-state index contributed by atoms with van der Waals surface area (Å²) in [6.45, 7) is 5.48. The molecule has 0 bridgehead atoms. The molecule has 1 unspecified atom stereocenters. The first-order valence-electron chi connectivity index (χ1n) is 8.84. The first-order chi connectivity index (χ1) is 13.4. The van der Waals surface area contributed by atoms with Gasteiger partial charge in [-0.05, 0) is 32.4 Å². The molecule has 1 atom stereocenters. The Labute approximate surface area is 166 Å².